The highest BCUT2D eigenvalue weighted by molar-refractivity contribution is 9.10. The first-order valence-electron chi connectivity index (χ1n) is 3.94. The maximum absolute atomic E-state index is 11.5. The van der Waals surface area contributed by atoms with Crippen LogP contribution in [0.3, 0.4) is 0 Å². The molecule has 16 heavy (non-hydrogen) atoms. The second-order valence-corrected chi connectivity index (χ2v) is 7.12. The number of nitrogens with two attached hydrogens (primary N) is 1. The van der Waals surface area contributed by atoms with Gasteiger partial charge in [-0.1, -0.05) is 0 Å². The Morgan fingerprint density at radius 1 is 1.25 bits per heavy atom. The van der Waals surface area contributed by atoms with Crippen LogP contribution in [0.5, 0.6) is 0 Å². The molecule has 0 saturated heterocycles. The molecule has 0 aromatic heterocycles. The first kappa shape index (κ1) is 13.6. The van der Waals surface area contributed by atoms with Gasteiger partial charge in [-0.3, -0.25) is 0 Å². The van der Waals surface area contributed by atoms with Crippen LogP contribution in [0.25, 0.3) is 0 Å². The highest BCUT2D eigenvalue weighted by Crippen LogP contribution is 2.24. The number of hydrogen-bond acceptors (Lipinski definition) is 4. The van der Waals surface area contributed by atoms with E-state index in [1.165, 1.54) is 7.05 Å². The van der Waals surface area contributed by atoms with Crippen LogP contribution in [0.1, 0.15) is 0 Å². The van der Waals surface area contributed by atoms with E-state index in [0.29, 0.717) is 0 Å². The van der Waals surface area contributed by atoms with Crippen LogP contribution >= 0.6 is 15.9 Å². The summed E-state index contributed by atoms with van der Waals surface area (Å²) in [6.07, 6.45) is 0. The number of hydrogen-bond donors (Lipinski definition) is 2. The molecule has 0 amide bonds. The Morgan fingerprint density at radius 3 is 2.19 bits per heavy atom. The minimum absolute atomic E-state index is 0.0533. The van der Waals surface area contributed by atoms with E-state index in [4.69, 9.17) is 5.14 Å². The third-order valence-corrected chi connectivity index (χ3v) is 5.09. The summed E-state index contributed by atoms with van der Waals surface area (Å²) in [5.41, 5.74) is 0. The van der Waals surface area contributed by atoms with E-state index in [0.717, 1.165) is 18.2 Å². The topological polar surface area (TPSA) is 106 Å². The van der Waals surface area contributed by atoms with E-state index >= 15 is 0 Å². The van der Waals surface area contributed by atoms with Crippen LogP contribution in [-0.2, 0) is 20.0 Å². The summed E-state index contributed by atoms with van der Waals surface area (Å²) >= 11 is 2.98. The maximum atomic E-state index is 11.5. The van der Waals surface area contributed by atoms with Gasteiger partial charge in [0, 0.05) is 4.47 Å². The van der Waals surface area contributed by atoms with Crippen molar-refractivity contribution in [1.29, 1.82) is 0 Å². The van der Waals surface area contributed by atoms with E-state index < -0.39 is 20.0 Å². The van der Waals surface area contributed by atoms with Crippen LogP contribution in [0.2, 0.25) is 0 Å². The Kier molecular flexibility index (Phi) is 3.75. The fraction of sp³-hybridized carbons (Fsp3) is 0.143. The van der Waals surface area contributed by atoms with Crippen molar-refractivity contribution in [2.75, 3.05) is 7.05 Å². The monoisotopic (exact) mass is 328 g/mol. The average Bonchev–Trinajstić information content (AvgIpc) is 2.16. The molecule has 0 fully saturated rings. The van der Waals surface area contributed by atoms with Crippen LogP contribution in [0, 0.1) is 0 Å². The summed E-state index contributed by atoms with van der Waals surface area (Å²) in [6, 6.07) is 3.43. The van der Waals surface area contributed by atoms with Crippen LogP contribution < -0.4 is 9.86 Å². The number of benzene rings is 1. The van der Waals surface area contributed by atoms with Gasteiger partial charge in [-0.05, 0) is 41.2 Å². The molecule has 0 radical (unpaired) electrons. The zero-order chi connectivity index (χ0) is 12.6. The summed E-state index contributed by atoms with van der Waals surface area (Å²) in [6.45, 7) is 0. The van der Waals surface area contributed by atoms with Gasteiger partial charge in [-0.25, -0.2) is 26.7 Å². The highest BCUT2D eigenvalue weighted by Gasteiger charge is 2.18. The number of rotatable bonds is 3. The summed E-state index contributed by atoms with van der Waals surface area (Å²) in [5.74, 6) is 0. The standard InChI is InChI=1S/C7H9BrN2O4S2/c1-10-16(13,14)7-3-2-5(4-6(7)8)15(9,11)12/h2-4,10H,1H3,(H2,9,11,12). The Hall–Kier alpha value is -0.480. The van der Waals surface area contributed by atoms with Gasteiger partial charge in [0.2, 0.25) is 20.0 Å². The van der Waals surface area contributed by atoms with Crippen LogP contribution in [0.15, 0.2) is 32.5 Å². The molecule has 0 aliphatic rings. The quantitative estimate of drug-likeness (QED) is 0.814. The third kappa shape index (κ3) is 2.80. The van der Waals surface area contributed by atoms with Gasteiger partial charge in [0.25, 0.3) is 0 Å². The molecule has 0 atom stereocenters. The maximum Gasteiger partial charge on any atom is 0.241 e. The van der Waals surface area contributed by atoms with Crippen molar-refractivity contribution in [3.63, 3.8) is 0 Å². The SMILES string of the molecule is CNS(=O)(=O)c1ccc(S(N)(=O)=O)cc1Br. The van der Waals surface area contributed by atoms with Crippen LogP contribution in [0.4, 0.5) is 0 Å². The van der Waals surface area contributed by atoms with Gasteiger partial charge < -0.3 is 0 Å². The molecule has 9 heteroatoms. The summed E-state index contributed by atoms with van der Waals surface area (Å²) in [4.78, 5) is -0.211. The molecule has 0 spiro atoms. The van der Waals surface area contributed by atoms with E-state index in [9.17, 15) is 16.8 Å². The van der Waals surface area contributed by atoms with Crippen molar-refractivity contribution in [3.8, 4) is 0 Å². The van der Waals surface area contributed by atoms with Gasteiger partial charge in [-0.15, -0.1) is 0 Å². The molecular weight excluding hydrogens is 320 g/mol. The molecule has 0 aliphatic heterocycles. The van der Waals surface area contributed by atoms with E-state index in [1.807, 2.05) is 0 Å². The van der Waals surface area contributed by atoms with E-state index in [-0.39, 0.29) is 14.3 Å². The fourth-order valence-corrected chi connectivity index (χ4v) is 3.48. The fourth-order valence-electron chi connectivity index (χ4n) is 0.986. The molecule has 1 rings (SSSR count). The largest absolute Gasteiger partial charge is 0.241 e. The van der Waals surface area contributed by atoms with Gasteiger partial charge in [0.15, 0.2) is 0 Å². The minimum atomic E-state index is -3.84. The Balaban J connectivity index is 3.43. The zero-order valence-electron chi connectivity index (χ0n) is 8.14. The normalized spacial score (nSPS) is 12.7. The third-order valence-electron chi connectivity index (χ3n) is 1.79. The highest BCUT2D eigenvalue weighted by atomic mass is 79.9. The van der Waals surface area contributed by atoms with Gasteiger partial charge in [0.1, 0.15) is 0 Å². The van der Waals surface area contributed by atoms with Crippen molar-refractivity contribution in [1.82, 2.24) is 4.72 Å². The molecule has 1 aromatic carbocycles. The molecule has 0 unspecified atom stereocenters. The second kappa shape index (κ2) is 4.41. The molecule has 90 valence electrons. The first-order chi connectivity index (χ1) is 7.18. The van der Waals surface area contributed by atoms with Gasteiger partial charge >= 0.3 is 0 Å². The van der Waals surface area contributed by atoms with E-state index in [1.54, 1.807) is 0 Å². The summed E-state index contributed by atoms with van der Waals surface area (Å²) < 4.78 is 47.2. The van der Waals surface area contributed by atoms with Crippen molar-refractivity contribution in [2.24, 2.45) is 5.14 Å². The molecule has 0 saturated carbocycles. The lowest BCUT2D eigenvalue weighted by Crippen LogP contribution is -2.19. The lowest BCUT2D eigenvalue weighted by Gasteiger charge is -2.06. The van der Waals surface area contributed by atoms with Crippen molar-refractivity contribution in [2.45, 2.75) is 9.79 Å². The molecule has 3 N–H and O–H groups in total. The predicted molar refractivity (Wildman–Crippen MR) is 61.8 cm³/mol. The average molecular weight is 329 g/mol. The summed E-state index contributed by atoms with van der Waals surface area (Å²) in [7, 11) is -6.20. The van der Waals surface area contributed by atoms with Crippen molar-refractivity contribution in [3.05, 3.63) is 22.7 Å². The summed E-state index contributed by atoms with van der Waals surface area (Å²) in [5, 5.41) is 4.90. The second-order valence-electron chi connectivity index (χ2n) is 2.84. The predicted octanol–water partition coefficient (Wildman–Crippen LogP) is 0.00460. The zero-order valence-corrected chi connectivity index (χ0v) is 11.4. The van der Waals surface area contributed by atoms with E-state index in [2.05, 4.69) is 20.7 Å². The Labute approximate surface area is 102 Å². The smallest absolute Gasteiger partial charge is 0.225 e. The molecule has 6 nitrogen and oxygen atoms in total. The first-order valence-corrected chi connectivity index (χ1v) is 7.76. The number of sulfonamides is 2. The number of halogens is 1. The lowest BCUT2D eigenvalue weighted by atomic mass is 10.4. The molecule has 0 heterocycles. The van der Waals surface area contributed by atoms with Crippen molar-refractivity contribution >= 4 is 36.0 Å². The van der Waals surface area contributed by atoms with Gasteiger partial charge in [-0.2, -0.15) is 0 Å². The molecule has 1 aromatic rings. The lowest BCUT2D eigenvalue weighted by molar-refractivity contribution is 0.586. The number of nitrogens with one attached hydrogen (secondary N) is 1. The van der Waals surface area contributed by atoms with Gasteiger partial charge in [0.05, 0.1) is 9.79 Å². The molecule has 0 bridgehead atoms. The van der Waals surface area contributed by atoms with Crippen LogP contribution in [-0.4, -0.2) is 23.9 Å². The Bertz CT molecular complexity index is 609. The van der Waals surface area contributed by atoms with Crippen molar-refractivity contribution < 1.29 is 16.8 Å². The molecule has 0 aliphatic carbocycles. The number of primary sulfonamides is 1. The molecular formula is C7H9BrN2O4S2. The minimum Gasteiger partial charge on any atom is -0.225 e. The Morgan fingerprint density at radius 2 is 1.81 bits per heavy atom.